The van der Waals surface area contributed by atoms with Crippen LogP contribution in [0.1, 0.15) is 18.9 Å². The van der Waals surface area contributed by atoms with E-state index in [0.717, 1.165) is 24.2 Å². The fourth-order valence-corrected chi connectivity index (χ4v) is 1.77. The number of anilines is 4. The normalized spacial score (nSPS) is 10.3. The maximum Gasteiger partial charge on any atom is 0.233 e. The molecule has 2 N–H and O–H groups in total. The van der Waals surface area contributed by atoms with Crippen LogP contribution >= 0.6 is 0 Å². The summed E-state index contributed by atoms with van der Waals surface area (Å²) in [5, 5.41) is 6.46. The molecule has 0 bridgehead atoms. The van der Waals surface area contributed by atoms with Gasteiger partial charge in [0.1, 0.15) is 0 Å². The van der Waals surface area contributed by atoms with Gasteiger partial charge in [0.15, 0.2) is 0 Å². The molecule has 1 aromatic heterocycles. The molecule has 0 aliphatic rings. The zero-order chi connectivity index (χ0) is 15.2. The molecule has 0 aliphatic carbocycles. The topological polar surface area (TPSA) is 66.0 Å². The van der Waals surface area contributed by atoms with Gasteiger partial charge in [-0.1, -0.05) is 25.1 Å². The third kappa shape index (κ3) is 4.05. The highest BCUT2D eigenvalue weighted by Gasteiger charge is 2.08. The predicted octanol–water partition coefficient (Wildman–Crippen LogP) is 2.81. The van der Waals surface area contributed by atoms with Crippen LogP contribution in [0.2, 0.25) is 0 Å². The largest absolute Gasteiger partial charge is 0.354 e. The van der Waals surface area contributed by atoms with Crippen molar-refractivity contribution in [3.63, 3.8) is 0 Å². The lowest BCUT2D eigenvalue weighted by molar-refractivity contribution is 0.919. The van der Waals surface area contributed by atoms with Crippen molar-refractivity contribution < 1.29 is 0 Å². The van der Waals surface area contributed by atoms with Crippen LogP contribution in [0.25, 0.3) is 0 Å². The summed E-state index contributed by atoms with van der Waals surface area (Å²) in [5.74, 6) is 1.76. The van der Waals surface area contributed by atoms with Crippen molar-refractivity contribution in [2.75, 3.05) is 36.2 Å². The van der Waals surface area contributed by atoms with E-state index in [9.17, 15) is 0 Å². The highest BCUT2D eigenvalue weighted by atomic mass is 15.3. The quantitative estimate of drug-likeness (QED) is 0.851. The molecule has 0 saturated heterocycles. The van der Waals surface area contributed by atoms with Gasteiger partial charge in [0.25, 0.3) is 0 Å². The van der Waals surface area contributed by atoms with Crippen molar-refractivity contribution >= 4 is 23.5 Å². The second kappa shape index (κ2) is 6.88. The number of aromatic nitrogens is 3. The average molecular weight is 286 g/mol. The van der Waals surface area contributed by atoms with Crippen LogP contribution in [0.5, 0.6) is 0 Å². The molecule has 0 amide bonds. The fraction of sp³-hybridized carbons (Fsp3) is 0.400. The minimum Gasteiger partial charge on any atom is -0.354 e. The summed E-state index contributed by atoms with van der Waals surface area (Å²) in [7, 11) is 3.83. The summed E-state index contributed by atoms with van der Waals surface area (Å²) in [4.78, 5) is 15.1. The standard InChI is InChI=1S/C15H22N6/c1-5-10-16-13-18-14(20-15(19-13)21(3)4)17-12-9-7-6-8-11(12)2/h6-9H,5,10H2,1-4H3,(H2,16,17,18,19,20). The molecule has 0 unspecified atom stereocenters. The van der Waals surface area contributed by atoms with Crippen molar-refractivity contribution in [2.45, 2.75) is 20.3 Å². The number of hydrogen-bond donors (Lipinski definition) is 2. The Kier molecular flexibility index (Phi) is 4.92. The number of aryl methyl sites for hydroxylation is 1. The van der Waals surface area contributed by atoms with Gasteiger partial charge in [0.05, 0.1) is 0 Å². The Balaban J connectivity index is 2.29. The van der Waals surface area contributed by atoms with E-state index < -0.39 is 0 Å². The summed E-state index contributed by atoms with van der Waals surface area (Å²) in [6, 6.07) is 8.05. The number of benzene rings is 1. The van der Waals surface area contributed by atoms with Gasteiger partial charge >= 0.3 is 0 Å². The Labute approximate surface area is 125 Å². The van der Waals surface area contributed by atoms with Crippen molar-refractivity contribution in [3.8, 4) is 0 Å². The smallest absolute Gasteiger partial charge is 0.233 e. The number of nitrogens with zero attached hydrogens (tertiary/aromatic N) is 4. The van der Waals surface area contributed by atoms with E-state index in [1.165, 1.54) is 0 Å². The van der Waals surface area contributed by atoms with Crippen LogP contribution in [0.3, 0.4) is 0 Å². The highest BCUT2D eigenvalue weighted by Crippen LogP contribution is 2.19. The molecule has 1 aromatic carbocycles. The van der Waals surface area contributed by atoms with E-state index >= 15 is 0 Å². The molecule has 2 aromatic rings. The van der Waals surface area contributed by atoms with Gasteiger partial charge in [-0.3, -0.25) is 0 Å². The lowest BCUT2D eigenvalue weighted by Crippen LogP contribution is -2.16. The Hall–Kier alpha value is -2.37. The van der Waals surface area contributed by atoms with Gasteiger partial charge in [-0.05, 0) is 25.0 Å². The van der Waals surface area contributed by atoms with Crippen LogP contribution in [0, 0.1) is 6.92 Å². The molecule has 6 heteroatoms. The molecule has 6 nitrogen and oxygen atoms in total. The maximum atomic E-state index is 4.43. The molecular weight excluding hydrogens is 264 g/mol. The first-order chi connectivity index (χ1) is 10.1. The van der Waals surface area contributed by atoms with Gasteiger partial charge in [0.2, 0.25) is 17.8 Å². The Morgan fingerprint density at radius 2 is 1.76 bits per heavy atom. The van der Waals surface area contributed by atoms with Crippen molar-refractivity contribution in [1.29, 1.82) is 0 Å². The lowest BCUT2D eigenvalue weighted by Gasteiger charge is -2.14. The second-order valence-electron chi connectivity index (χ2n) is 5.04. The first-order valence-corrected chi connectivity index (χ1v) is 7.10. The maximum absolute atomic E-state index is 4.43. The molecule has 0 fully saturated rings. The Morgan fingerprint density at radius 1 is 1.05 bits per heavy atom. The van der Waals surface area contributed by atoms with Gasteiger partial charge in [-0.15, -0.1) is 0 Å². The number of hydrogen-bond acceptors (Lipinski definition) is 6. The molecule has 1 heterocycles. The molecule has 0 spiro atoms. The van der Waals surface area contributed by atoms with Gasteiger partial charge < -0.3 is 15.5 Å². The summed E-state index contributed by atoms with van der Waals surface area (Å²) in [6.45, 7) is 4.99. The Bertz CT molecular complexity index is 596. The van der Waals surface area contributed by atoms with E-state index in [-0.39, 0.29) is 0 Å². The van der Waals surface area contributed by atoms with Crippen LogP contribution in [0.4, 0.5) is 23.5 Å². The number of nitrogens with one attached hydrogen (secondary N) is 2. The molecule has 0 aliphatic heterocycles. The van der Waals surface area contributed by atoms with Crippen LogP contribution in [-0.4, -0.2) is 35.6 Å². The van der Waals surface area contributed by atoms with Crippen molar-refractivity contribution in [2.24, 2.45) is 0 Å². The minimum atomic E-state index is 0.543. The summed E-state index contributed by atoms with van der Waals surface area (Å²) in [5.41, 5.74) is 2.14. The molecule has 0 radical (unpaired) electrons. The van der Waals surface area contributed by atoms with Gasteiger partial charge in [-0.25, -0.2) is 0 Å². The summed E-state index contributed by atoms with van der Waals surface area (Å²) < 4.78 is 0. The van der Waals surface area contributed by atoms with Crippen LogP contribution in [-0.2, 0) is 0 Å². The van der Waals surface area contributed by atoms with Gasteiger partial charge in [0, 0.05) is 26.3 Å². The first kappa shape index (κ1) is 15.0. The first-order valence-electron chi connectivity index (χ1n) is 7.10. The number of para-hydroxylation sites is 1. The van der Waals surface area contributed by atoms with E-state index in [1.807, 2.05) is 50.2 Å². The SMILES string of the molecule is CCCNc1nc(Nc2ccccc2C)nc(N(C)C)n1. The van der Waals surface area contributed by atoms with Crippen molar-refractivity contribution in [1.82, 2.24) is 15.0 Å². The van der Waals surface area contributed by atoms with E-state index in [2.05, 4.69) is 32.5 Å². The third-order valence-electron chi connectivity index (χ3n) is 2.95. The number of rotatable bonds is 6. The second-order valence-corrected chi connectivity index (χ2v) is 5.04. The monoisotopic (exact) mass is 286 g/mol. The summed E-state index contributed by atoms with van der Waals surface area (Å²) in [6.07, 6.45) is 1.02. The molecule has 21 heavy (non-hydrogen) atoms. The molecule has 112 valence electrons. The van der Waals surface area contributed by atoms with E-state index in [0.29, 0.717) is 17.8 Å². The zero-order valence-electron chi connectivity index (χ0n) is 13.0. The lowest BCUT2D eigenvalue weighted by atomic mass is 10.2. The molecule has 0 saturated carbocycles. The highest BCUT2D eigenvalue weighted by molar-refractivity contribution is 5.59. The van der Waals surface area contributed by atoms with Crippen LogP contribution < -0.4 is 15.5 Å². The summed E-state index contributed by atoms with van der Waals surface area (Å²) >= 11 is 0. The van der Waals surface area contributed by atoms with Gasteiger partial charge in [-0.2, -0.15) is 15.0 Å². The molecule has 2 rings (SSSR count). The Morgan fingerprint density at radius 3 is 2.43 bits per heavy atom. The average Bonchev–Trinajstić information content (AvgIpc) is 2.47. The minimum absolute atomic E-state index is 0.543. The van der Waals surface area contributed by atoms with E-state index in [4.69, 9.17) is 0 Å². The van der Waals surface area contributed by atoms with E-state index in [1.54, 1.807) is 0 Å². The van der Waals surface area contributed by atoms with Crippen LogP contribution in [0.15, 0.2) is 24.3 Å². The molecular formula is C15H22N6. The predicted molar refractivity (Wildman–Crippen MR) is 87.4 cm³/mol. The van der Waals surface area contributed by atoms with Crippen molar-refractivity contribution in [3.05, 3.63) is 29.8 Å². The third-order valence-corrected chi connectivity index (χ3v) is 2.95. The fourth-order valence-electron chi connectivity index (χ4n) is 1.77. The molecule has 0 atom stereocenters. The zero-order valence-corrected chi connectivity index (χ0v) is 13.0.